The molecule has 3 rings (SSSR count). The van der Waals surface area contributed by atoms with Crippen molar-refractivity contribution in [2.75, 3.05) is 0 Å². The molecule has 0 aliphatic heterocycles. The average Bonchev–Trinajstić information content (AvgIpc) is 2.57. The molecule has 0 fully saturated rings. The summed E-state index contributed by atoms with van der Waals surface area (Å²) in [5, 5.41) is 11.8. The monoisotopic (exact) mass is 307 g/mol. The second kappa shape index (κ2) is 5.96. The van der Waals surface area contributed by atoms with E-state index in [2.05, 4.69) is 0 Å². The van der Waals surface area contributed by atoms with Crippen molar-refractivity contribution in [2.45, 2.75) is 13.5 Å². The maximum atomic E-state index is 12.4. The van der Waals surface area contributed by atoms with Gasteiger partial charge in [-0.25, -0.2) is 0 Å². The molecule has 0 radical (unpaired) electrons. The predicted molar refractivity (Wildman–Crippen MR) is 86.3 cm³/mol. The number of para-hydroxylation sites is 1. The molecule has 0 bridgehead atoms. The van der Waals surface area contributed by atoms with Crippen LogP contribution in [0.4, 0.5) is 5.69 Å². The molecule has 0 N–H and O–H groups in total. The SMILES string of the molecule is Cc1cc[n+](CC(=O)c2ccc([N+](=O)[O-])cc2)c2ccccc12. The van der Waals surface area contributed by atoms with Crippen LogP contribution in [0.1, 0.15) is 15.9 Å². The molecule has 1 aromatic heterocycles. The lowest BCUT2D eigenvalue weighted by Crippen LogP contribution is -2.38. The van der Waals surface area contributed by atoms with Crippen LogP contribution >= 0.6 is 0 Å². The Hall–Kier alpha value is -3.08. The molecule has 0 atom stereocenters. The molecule has 5 nitrogen and oxygen atoms in total. The fourth-order valence-corrected chi connectivity index (χ4v) is 2.58. The van der Waals surface area contributed by atoms with E-state index in [0.29, 0.717) is 5.56 Å². The number of rotatable bonds is 4. The molecule has 0 spiro atoms. The quantitative estimate of drug-likeness (QED) is 0.322. The van der Waals surface area contributed by atoms with Crippen LogP contribution in [0.15, 0.2) is 60.8 Å². The summed E-state index contributed by atoms with van der Waals surface area (Å²) >= 11 is 0. The van der Waals surface area contributed by atoms with Gasteiger partial charge in [-0.05, 0) is 30.7 Å². The van der Waals surface area contributed by atoms with Crippen molar-refractivity contribution in [3.8, 4) is 0 Å². The van der Waals surface area contributed by atoms with Crippen molar-refractivity contribution in [1.29, 1.82) is 0 Å². The normalized spacial score (nSPS) is 10.7. The van der Waals surface area contributed by atoms with E-state index in [4.69, 9.17) is 0 Å². The van der Waals surface area contributed by atoms with Crippen molar-refractivity contribution in [2.24, 2.45) is 0 Å². The van der Waals surface area contributed by atoms with Crippen molar-refractivity contribution in [1.82, 2.24) is 0 Å². The Kier molecular flexibility index (Phi) is 3.85. The van der Waals surface area contributed by atoms with Gasteiger partial charge in [0.25, 0.3) is 5.69 Å². The number of carbonyl (C=O) groups excluding carboxylic acids is 1. The van der Waals surface area contributed by atoms with Crippen LogP contribution in [0.2, 0.25) is 0 Å². The number of ketones is 1. The minimum absolute atomic E-state index is 0.0185. The van der Waals surface area contributed by atoms with E-state index >= 15 is 0 Å². The summed E-state index contributed by atoms with van der Waals surface area (Å²) in [4.78, 5) is 22.6. The van der Waals surface area contributed by atoms with Gasteiger partial charge in [0.05, 0.1) is 4.92 Å². The molecule has 0 aliphatic carbocycles. The first-order valence-electron chi connectivity index (χ1n) is 7.22. The van der Waals surface area contributed by atoms with Gasteiger partial charge >= 0.3 is 0 Å². The summed E-state index contributed by atoms with van der Waals surface area (Å²) in [6, 6.07) is 15.6. The van der Waals surface area contributed by atoms with E-state index in [1.807, 2.05) is 48.0 Å². The topological polar surface area (TPSA) is 64.1 Å². The molecule has 5 heteroatoms. The fraction of sp³-hybridized carbons (Fsp3) is 0.111. The maximum Gasteiger partial charge on any atom is 0.269 e. The van der Waals surface area contributed by atoms with Crippen molar-refractivity contribution in [3.63, 3.8) is 0 Å². The third-order valence-electron chi connectivity index (χ3n) is 3.86. The second-order valence-corrected chi connectivity index (χ2v) is 5.37. The lowest BCUT2D eigenvalue weighted by atomic mass is 10.1. The first kappa shape index (κ1) is 14.8. The number of hydrogen-bond acceptors (Lipinski definition) is 3. The summed E-state index contributed by atoms with van der Waals surface area (Å²) in [5.41, 5.74) is 2.59. The Balaban J connectivity index is 1.91. The van der Waals surface area contributed by atoms with Crippen LogP contribution < -0.4 is 4.57 Å². The number of Topliss-reactive ketones (excluding diaryl/α,β-unsaturated/α-hetero) is 1. The fourth-order valence-electron chi connectivity index (χ4n) is 2.58. The average molecular weight is 307 g/mol. The molecule has 0 saturated carbocycles. The summed E-state index contributed by atoms with van der Waals surface area (Å²) in [6.07, 6.45) is 1.89. The Bertz CT molecular complexity index is 902. The number of benzene rings is 2. The van der Waals surface area contributed by atoms with Crippen LogP contribution in [0.25, 0.3) is 10.9 Å². The van der Waals surface area contributed by atoms with Gasteiger partial charge in [0.15, 0.2) is 6.20 Å². The van der Waals surface area contributed by atoms with Gasteiger partial charge < -0.3 is 0 Å². The van der Waals surface area contributed by atoms with Gasteiger partial charge in [0, 0.05) is 35.2 Å². The smallest absolute Gasteiger partial charge is 0.269 e. The summed E-state index contributed by atoms with van der Waals surface area (Å²) in [6.45, 7) is 2.23. The van der Waals surface area contributed by atoms with E-state index in [1.165, 1.54) is 24.3 Å². The van der Waals surface area contributed by atoms with Gasteiger partial charge in [-0.3, -0.25) is 14.9 Å². The number of pyridine rings is 1. The summed E-state index contributed by atoms with van der Waals surface area (Å²) in [5.74, 6) is -0.0843. The highest BCUT2D eigenvalue weighted by Gasteiger charge is 2.17. The first-order chi connectivity index (χ1) is 11.1. The minimum atomic E-state index is -0.476. The van der Waals surface area contributed by atoms with Gasteiger partial charge in [-0.1, -0.05) is 12.1 Å². The molecule has 0 saturated heterocycles. The van der Waals surface area contributed by atoms with Crippen LogP contribution in [0, 0.1) is 17.0 Å². The van der Waals surface area contributed by atoms with Crippen LogP contribution in [0.3, 0.4) is 0 Å². The number of fused-ring (bicyclic) bond motifs is 1. The Morgan fingerprint density at radius 1 is 1.09 bits per heavy atom. The molecular weight excluding hydrogens is 292 g/mol. The lowest BCUT2D eigenvalue weighted by molar-refractivity contribution is -0.657. The van der Waals surface area contributed by atoms with E-state index in [-0.39, 0.29) is 18.0 Å². The highest BCUT2D eigenvalue weighted by Crippen LogP contribution is 2.15. The van der Waals surface area contributed by atoms with Gasteiger partial charge in [-0.15, -0.1) is 0 Å². The molecule has 0 amide bonds. The van der Waals surface area contributed by atoms with Gasteiger partial charge in [-0.2, -0.15) is 4.57 Å². The maximum absolute atomic E-state index is 12.4. The zero-order valence-electron chi connectivity index (χ0n) is 12.6. The number of nitro benzene ring substituents is 1. The number of nitrogens with zero attached hydrogens (tertiary/aromatic N) is 2. The first-order valence-corrected chi connectivity index (χ1v) is 7.22. The molecule has 0 aliphatic rings. The number of hydrogen-bond donors (Lipinski definition) is 0. The third-order valence-corrected chi connectivity index (χ3v) is 3.86. The minimum Gasteiger partial charge on any atom is -0.287 e. The van der Waals surface area contributed by atoms with Crippen LogP contribution in [-0.4, -0.2) is 10.7 Å². The van der Waals surface area contributed by atoms with Gasteiger partial charge in [0.2, 0.25) is 17.8 Å². The van der Waals surface area contributed by atoms with Gasteiger partial charge in [0.1, 0.15) is 0 Å². The number of aryl methyl sites for hydroxylation is 1. The standard InChI is InChI=1S/C18H15N2O3/c1-13-10-11-19(17-5-3-2-4-16(13)17)12-18(21)14-6-8-15(9-7-14)20(22)23/h2-11H,12H2,1H3/q+1. The van der Waals surface area contributed by atoms with Crippen LogP contribution in [0.5, 0.6) is 0 Å². The summed E-state index contributed by atoms with van der Waals surface area (Å²) in [7, 11) is 0. The zero-order chi connectivity index (χ0) is 16.4. The predicted octanol–water partition coefficient (Wildman–Crippen LogP) is 3.23. The van der Waals surface area contributed by atoms with Crippen molar-refractivity contribution >= 4 is 22.4 Å². The van der Waals surface area contributed by atoms with E-state index in [0.717, 1.165) is 16.5 Å². The highest BCUT2D eigenvalue weighted by atomic mass is 16.6. The van der Waals surface area contributed by atoms with Crippen molar-refractivity contribution < 1.29 is 14.3 Å². The largest absolute Gasteiger partial charge is 0.287 e. The number of carbonyl (C=O) groups is 1. The second-order valence-electron chi connectivity index (χ2n) is 5.37. The third kappa shape index (κ3) is 2.94. The molecule has 0 unspecified atom stereocenters. The highest BCUT2D eigenvalue weighted by molar-refractivity contribution is 5.95. The van der Waals surface area contributed by atoms with E-state index in [9.17, 15) is 14.9 Å². The molecule has 2 aromatic carbocycles. The van der Waals surface area contributed by atoms with Crippen molar-refractivity contribution in [3.05, 3.63) is 82.0 Å². The number of aromatic nitrogens is 1. The van der Waals surface area contributed by atoms with Crippen LogP contribution in [-0.2, 0) is 6.54 Å². The lowest BCUT2D eigenvalue weighted by Gasteiger charge is -2.03. The number of nitro groups is 1. The Morgan fingerprint density at radius 2 is 1.78 bits per heavy atom. The Morgan fingerprint density at radius 3 is 2.48 bits per heavy atom. The van der Waals surface area contributed by atoms with E-state index in [1.54, 1.807) is 0 Å². The van der Waals surface area contributed by atoms with E-state index < -0.39 is 4.92 Å². The molecule has 114 valence electrons. The Labute approximate surface area is 133 Å². The molecule has 1 heterocycles. The summed E-state index contributed by atoms with van der Waals surface area (Å²) < 4.78 is 1.89. The number of non-ortho nitro benzene ring substituents is 1. The molecule has 23 heavy (non-hydrogen) atoms. The molecular formula is C18H15N2O3+. The zero-order valence-corrected chi connectivity index (χ0v) is 12.6. The molecule has 3 aromatic rings.